The molecule has 108 valence electrons. The van der Waals surface area contributed by atoms with Gasteiger partial charge in [-0.05, 0) is 32.2 Å². The maximum atomic E-state index is 12.4. The van der Waals surface area contributed by atoms with Crippen LogP contribution in [0.15, 0.2) is 0 Å². The fourth-order valence-electron chi connectivity index (χ4n) is 2.97. The molecule has 2 heterocycles. The number of hydrogen-bond donors (Lipinski definition) is 1. The second-order valence-corrected chi connectivity index (χ2v) is 5.59. The average Bonchev–Trinajstić information content (AvgIpc) is 2.84. The molecule has 0 aromatic rings. The number of piperidine rings is 1. The van der Waals surface area contributed by atoms with Gasteiger partial charge in [0, 0.05) is 19.6 Å². The molecule has 0 radical (unpaired) electrons. The normalized spacial score (nSPS) is 28.4. The Labute approximate surface area is 114 Å². The van der Waals surface area contributed by atoms with E-state index in [0.29, 0.717) is 25.6 Å². The molecule has 19 heavy (non-hydrogen) atoms. The van der Waals surface area contributed by atoms with Gasteiger partial charge in [-0.1, -0.05) is 6.92 Å². The van der Waals surface area contributed by atoms with Crippen molar-refractivity contribution in [1.82, 2.24) is 10.2 Å². The van der Waals surface area contributed by atoms with E-state index in [9.17, 15) is 9.59 Å². The predicted octanol–water partition coefficient (Wildman–Crippen LogP) is 0.644. The number of esters is 1. The van der Waals surface area contributed by atoms with E-state index in [0.717, 1.165) is 25.9 Å². The van der Waals surface area contributed by atoms with Crippen LogP contribution in [0.2, 0.25) is 0 Å². The van der Waals surface area contributed by atoms with Crippen LogP contribution < -0.4 is 5.32 Å². The first kappa shape index (κ1) is 14.3. The maximum absolute atomic E-state index is 12.4. The monoisotopic (exact) mass is 268 g/mol. The Balaban J connectivity index is 1.82. The molecule has 5 heteroatoms. The smallest absolute Gasteiger partial charge is 0.309 e. The minimum absolute atomic E-state index is 0.0249. The number of hydrogen-bond acceptors (Lipinski definition) is 4. The Morgan fingerprint density at radius 1 is 1.26 bits per heavy atom. The van der Waals surface area contributed by atoms with Crippen LogP contribution in [0.4, 0.5) is 0 Å². The van der Waals surface area contributed by atoms with Gasteiger partial charge in [0.05, 0.1) is 18.4 Å². The lowest BCUT2D eigenvalue weighted by molar-refractivity contribution is -0.151. The Kier molecular flexibility index (Phi) is 4.80. The summed E-state index contributed by atoms with van der Waals surface area (Å²) >= 11 is 0. The first-order valence-electron chi connectivity index (χ1n) is 7.29. The summed E-state index contributed by atoms with van der Waals surface area (Å²) in [6.45, 7) is 7.47. The van der Waals surface area contributed by atoms with Gasteiger partial charge >= 0.3 is 5.97 Å². The molecule has 2 aliphatic rings. The molecule has 2 saturated heterocycles. The fraction of sp³-hybridized carbons (Fsp3) is 0.857. The molecular formula is C14H24N2O3. The van der Waals surface area contributed by atoms with Gasteiger partial charge in [-0.15, -0.1) is 0 Å². The molecule has 0 saturated carbocycles. The Hall–Kier alpha value is -1.10. The zero-order chi connectivity index (χ0) is 13.8. The summed E-state index contributed by atoms with van der Waals surface area (Å²) in [5.41, 5.74) is 0. The molecule has 0 bridgehead atoms. The van der Waals surface area contributed by atoms with Gasteiger partial charge < -0.3 is 15.0 Å². The van der Waals surface area contributed by atoms with Crippen LogP contribution in [0, 0.1) is 17.8 Å². The Morgan fingerprint density at radius 3 is 2.47 bits per heavy atom. The predicted molar refractivity (Wildman–Crippen MR) is 71.5 cm³/mol. The standard InChI is InChI=1S/C14H24N2O3/c1-3-19-14(18)11-4-6-16(7-5-11)13(17)12-9-15-8-10(12)2/h10-12,15H,3-9H2,1-2H3. The molecule has 2 aliphatic heterocycles. The van der Waals surface area contributed by atoms with E-state index in [-0.39, 0.29) is 23.7 Å². The van der Waals surface area contributed by atoms with Crippen LogP contribution in [-0.4, -0.2) is 49.6 Å². The number of carbonyl (C=O) groups excluding carboxylic acids is 2. The van der Waals surface area contributed by atoms with Gasteiger partial charge in [0.1, 0.15) is 0 Å². The zero-order valence-corrected chi connectivity index (χ0v) is 11.9. The average molecular weight is 268 g/mol. The van der Waals surface area contributed by atoms with E-state index in [4.69, 9.17) is 4.74 Å². The summed E-state index contributed by atoms with van der Waals surface area (Å²) in [5, 5.41) is 3.26. The number of rotatable bonds is 3. The van der Waals surface area contributed by atoms with Gasteiger partial charge in [-0.2, -0.15) is 0 Å². The van der Waals surface area contributed by atoms with Crippen molar-refractivity contribution in [3.8, 4) is 0 Å². The molecule has 0 spiro atoms. The van der Waals surface area contributed by atoms with E-state index in [1.165, 1.54) is 0 Å². The number of nitrogens with zero attached hydrogens (tertiary/aromatic N) is 1. The molecule has 2 unspecified atom stereocenters. The lowest BCUT2D eigenvalue weighted by atomic mass is 9.93. The van der Waals surface area contributed by atoms with Gasteiger partial charge in [0.2, 0.25) is 5.91 Å². The molecule has 1 N–H and O–H groups in total. The lowest BCUT2D eigenvalue weighted by Crippen LogP contribution is -2.44. The second-order valence-electron chi connectivity index (χ2n) is 5.59. The van der Waals surface area contributed by atoms with E-state index in [1.807, 2.05) is 11.8 Å². The van der Waals surface area contributed by atoms with Crippen molar-refractivity contribution in [2.24, 2.45) is 17.8 Å². The molecule has 0 aliphatic carbocycles. The molecule has 5 nitrogen and oxygen atoms in total. The highest BCUT2D eigenvalue weighted by Crippen LogP contribution is 2.24. The fourth-order valence-corrected chi connectivity index (χ4v) is 2.97. The topological polar surface area (TPSA) is 58.6 Å². The first-order chi connectivity index (χ1) is 9.13. The van der Waals surface area contributed by atoms with Crippen molar-refractivity contribution in [2.45, 2.75) is 26.7 Å². The van der Waals surface area contributed by atoms with Gasteiger partial charge in [0.25, 0.3) is 0 Å². The number of amides is 1. The largest absolute Gasteiger partial charge is 0.466 e. The quantitative estimate of drug-likeness (QED) is 0.763. The van der Waals surface area contributed by atoms with Crippen molar-refractivity contribution < 1.29 is 14.3 Å². The minimum atomic E-state index is -0.106. The van der Waals surface area contributed by atoms with Crippen molar-refractivity contribution >= 4 is 11.9 Å². The summed E-state index contributed by atoms with van der Waals surface area (Å²) in [6, 6.07) is 0. The van der Waals surface area contributed by atoms with Gasteiger partial charge in [0.15, 0.2) is 0 Å². The lowest BCUT2D eigenvalue weighted by Gasteiger charge is -2.33. The van der Waals surface area contributed by atoms with Crippen molar-refractivity contribution in [1.29, 1.82) is 0 Å². The third kappa shape index (κ3) is 3.26. The van der Waals surface area contributed by atoms with Crippen LogP contribution in [0.1, 0.15) is 26.7 Å². The highest BCUT2D eigenvalue weighted by Gasteiger charge is 2.35. The van der Waals surface area contributed by atoms with Crippen LogP contribution in [0.5, 0.6) is 0 Å². The summed E-state index contributed by atoms with van der Waals surface area (Å²) in [7, 11) is 0. The van der Waals surface area contributed by atoms with E-state index >= 15 is 0 Å². The molecule has 2 rings (SSSR count). The number of ether oxygens (including phenoxy) is 1. The molecule has 2 fully saturated rings. The van der Waals surface area contributed by atoms with E-state index in [2.05, 4.69) is 12.2 Å². The number of carbonyl (C=O) groups is 2. The van der Waals surface area contributed by atoms with Crippen LogP contribution in [0.3, 0.4) is 0 Å². The SMILES string of the molecule is CCOC(=O)C1CCN(C(=O)C2CNCC2C)CC1. The summed E-state index contributed by atoms with van der Waals surface area (Å²) in [6.07, 6.45) is 1.47. The Bertz CT molecular complexity index is 338. The maximum Gasteiger partial charge on any atom is 0.309 e. The summed E-state index contributed by atoms with van der Waals surface area (Å²) in [5.74, 6) is 0.642. The third-order valence-electron chi connectivity index (χ3n) is 4.26. The van der Waals surface area contributed by atoms with Crippen LogP contribution >= 0.6 is 0 Å². The third-order valence-corrected chi connectivity index (χ3v) is 4.26. The number of likely N-dealkylation sites (tertiary alicyclic amines) is 1. The van der Waals surface area contributed by atoms with E-state index < -0.39 is 0 Å². The molecule has 0 aromatic heterocycles. The van der Waals surface area contributed by atoms with E-state index in [1.54, 1.807) is 0 Å². The Morgan fingerprint density at radius 2 is 1.95 bits per heavy atom. The zero-order valence-electron chi connectivity index (χ0n) is 11.9. The molecule has 1 amide bonds. The van der Waals surface area contributed by atoms with Crippen molar-refractivity contribution in [3.05, 3.63) is 0 Å². The molecule has 0 aromatic carbocycles. The van der Waals surface area contributed by atoms with Gasteiger partial charge in [-0.3, -0.25) is 9.59 Å². The van der Waals surface area contributed by atoms with Crippen molar-refractivity contribution in [3.63, 3.8) is 0 Å². The minimum Gasteiger partial charge on any atom is -0.466 e. The molecule has 2 atom stereocenters. The number of nitrogens with one attached hydrogen (secondary N) is 1. The van der Waals surface area contributed by atoms with Gasteiger partial charge in [-0.25, -0.2) is 0 Å². The summed E-state index contributed by atoms with van der Waals surface area (Å²) < 4.78 is 5.04. The first-order valence-corrected chi connectivity index (χ1v) is 7.29. The van der Waals surface area contributed by atoms with Crippen LogP contribution in [0.25, 0.3) is 0 Å². The second kappa shape index (κ2) is 6.37. The summed E-state index contributed by atoms with van der Waals surface area (Å²) in [4.78, 5) is 26.0. The molecular weight excluding hydrogens is 244 g/mol. The highest BCUT2D eigenvalue weighted by atomic mass is 16.5. The van der Waals surface area contributed by atoms with Crippen LogP contribution in [-0.2, 0) is 14.3 Å². The van der Waals surface area contributed by atoms with Crippen molar-refractivity contribution in [2.75, 3.05) is 32.8 Å². The highest BCUT2D eigenvalue weighted by molar-refractivity contribution is 5.80.